The van der Waals surface area contributed by atoms with Gasteiger partial charge in [-0.3, -0.25) is 14.5 Å². The van der Waals surface area contributed by atoms with Crippen LogP contribution in [0.5, 0.6) is 0 Å². The van der Waals surface area contributed by atoms with Crippen molar-refractivity contribution in [1.82, 2.24) is 20.2 Å². The average molecular weight is 784 g/mol. The Morgan fingerprint density at radius 1 is 0.741 bits per heavy atom. The van der Waals surface area contributed by atoms with Crippen LogP contribution in [0.2, 0.25) is 0 Å². The van der Waals surface area contributed by atoms with Gasteiger partial charge in [-0.1, -0.05) is 79.2 Å². The molecule has 3 atom stereocenters. The second kappa shape index (κ2) is 20.2. The zero-order valence-corrected chi connectivity index (χ0v) is 32.8. The van der Waals surface area contributed by atoms with Gasteiger partial charge in [0.15, 0.2) is 6.29 Å². The van der Waals surface area contributed by atoms with Gasteiger partial charge in [0.25, 0.3) is 0 Å². The molecule has 2 aliphatic rings. The lowest BCUT2D eigenvalue weighted by Crippen LogP contribution is -2.50. The molecule has 12 nitrogen and oxygen atoms in total. The quantitative estimate of drug-likeness (QED) is 0.0621. The molecule has 302 valence electrons. The lowest BCUT2D eigenvalue weighted by molar-refractivity contribution is -0.253. The number of nitrogen functional groups attached to an aromatic ring is 1. The maximum Gasteiger partial charge on any atom is 0.225 e. The molecule has 12 heteroatoms. The first-order chi connectivity index (χ1) is 28.4. The van der Waals surface area contributed by atoms with E-state index in [1.165, 1.54) is 0 Å². The van der Waals surface area contributed by atoms with E-state index in [0.717, 1.165) is 78.5 Å². The number of nitrogens with two attached hydrogens (primary N) is 1. The molecule has 0 aliphatic carbocycles. The van der Waals surface area contributed by atoms with Crippen molar-refractivity contribution in [2.75, 3.05) is 48.7 Å². The fraction of sp³-hybridized carbons (Fsp3) is 0.348. The third kappa shape index (κ3) is 11.3. The zero-order chi connectivity index (χ0) is 40.1. The minimum Gasteiger partial charge on any atom is -0.397 e. The molecular weight excluding hydrogens is 731 g/mol. The summed E-state index contributed by atoms with van der Waals surface area (Å²) in [7, 11) is 0. The zero-order valence-electron chi connectivity index (χ0n) is 32.8. The first kappa shape index (κ1) is 40.5. The van der Waals surface area contributed by atoms with Crippen LogP contribution in [0.1, 0.15) is 73.2 Å². The molecule has 5 aromatic rings. The maximum atomic E-state index is 12.7. The van der Waals surface area contributed by atoms with Gasteiger partial charge in [0, 0.05) is 76.5 Å². The summed E-state index contributed by atoms with van der Waals surface area (Å²) in [4.78, 5) is 38.5. The van der Waals surface area contributed by atoms with Crippen LogP contribution in [-0.2, 0) is 32.2 Å². The van der Waals surface area contributed by atoms with Gasteiger partial charge >= 0.3 is 0 Å². The Morgan fingerprint density at radius 2 is 1.47 bits per heavy atom. The van der Waals surface area contributed by atoms with Crippen LogP contribution in [0.25, 0.3) is 11.1 Å². The SMILES string of the molecule is Nc1ccccc1NC(=O)CCCCCC(=O)NCc1cccc(-c2cccc(C3OC(CN4CCN(c5ncccn5)CC4)CC(c4ccc(CO)cc4)O3)c2)c1. The molecule has 0 bridgehead atoms. The summed E-state index contributed by atoms with van der Waals surface area (Å²) in [6.45, 7) is 4.67. The number of unbranched alkanes of at least 4 members (excludes halogenated alkanes) is 2. The molecule has 5 N–H and O–H groups in total. The topological polar surface area (TPSA) is 155 Å². The van der Waals surface area contributed by atoms with Crippen molar-refractivity contribution in [3.8, 4) is 11.1 Å². The monoisotopic (exact) mass is 783 g/mol. The Morgan fingerprint density at radius 3 is 2.22 bits per heavy atom. The second-order valence-electron chi connectivity index (χ2n) is 15.0. The van der Waals surface area contributed by atoms with Crippen LogP contribution in [-0.4, -0.2) is 70.6 Å². The van der Waals surface area contributed by atoms with Crippen LogP contribution in [0.15, 0.2) is 116 Å². The van der Waals surface area contributed by atoms with Crippen LogP contribution in [0.3, 0.4) is 0 Å². The molecular formula is C46H53N7O5. The number of ether oxygens (including phenoxy) is 2. The second-order valence-corrected chi connectivity index (χ2v) is 15.0. The number of piperazine rings is 1. The van der Waals surface area contributed by atoms with E-state index < -0.39 is 6.29 Å². The molecule has 0 saturated carbocycles. The van der Waals surface area contributed by atoms with Crippen LogP contribution in [0.4, 0.5) is 17.3 Å². The van der Waals surface area contributed by atoms with Gasteiger partial charge in [0.2, 0.25) is 17.8 Å². The number of aliphatic hydroxyl groups excluding tert-OH is 1. The van der Waals surface area contributed by atoms with Gasteiger partial charge < -0.3 is 35.8 Å². The Hall–Kier alpha value is -5.66. The average Bonchev–Trinajstić information content (AvgIpc) is 3.27. The van der Waals surface area contributed by atoms with E-state index in [0.29, 0.717) is 50.0 Å². The standard InChI is InChI=1S/C46H53N7O5/c47-40-13-4-5-14-41(40)51-44(56)16-3-1-2-15-43(55)50-30-34-9-6-10-36(27-34)37-11-7-12-38(28-37)45-57-39(29-42(58-45)35-19-17-33(32-54)18-20-35)31-52-23-25-53(26-24-52)46-48-21-8-22-49-46/h4-14,17-22,27-28,39,42,45,54H,1-3,15-16,23-26,29-32,47H2,(H,50,55)(H,51,56). The van der Waals surface area contributed by atoms with Crippen LogP contribution >= 0.6 is 0 Å². The van der Waals surface area contributed by atoms with Crippen LogP contribution < -0.4 is 21.3 Å². The van der Waals surface area contributed by atoms with E-state index in [2.05, 4.69) is 60.7 Å². The molecule has 0 spiro atoms. The van der Waals surface area contributed by atoms with Gasteiger partial charge in [-0.2, -0.15) is 0 Å². The van der Waals surface area contributed by atoms with Crippen molar-refractivity contribution >= 4 is 29.1 Å². The fourth-order valence-corrected chi connectivity index (χ4v) is 7.49. The van der Waals surface area contributed by atoms with Gasteiger partial charge in [0.1, 0.15) is 0 Å². The van der Waals surface area contributed by atoms with E-state index in [1.807, 2.05) is 60.7 Å². The number of nitrogens with one attached hydrogen (secondary N) is 2. The highest BCUT2D eigenvalue weighted by atomic mass is 16.7. The third-order valence-electron chi connectivity index (χ3n) is 10.7. The summed E-state index contributed by atoms with van der Waals surface area (Å²) in [6, 6.07) is 33.5. The minimum absolute atomic E-state index is 0.00388. The molecule has 2 fully saturated rings. The third-order valence-corrected chi connectivity index (χ3v) is 10.7. The largest absolute Gasteiger partial charge is 0.397 e. The molecule has 4 aromatic carbocycles. The summed E-state index contributed by atoms with van der Waals surface area (Å²) < 4.78 is 13.4. The van der Waals surface area contributed by atoms with Crippen LogP contribution in [0, 0.1) is 0 Å². The molecule has 3 unspecified atom stereocenters. The van der Waals surface area contributed by atoms with Crippen molar-refractivity contribution in [3.05, 3.63) is 138 Å². The number of carbonyl (C=O) groups excluding carboxylic acids is 2. The Kier molecular flexibility index (Phi) is 14.1. The summed E-state index contributed by atoms with van der Waals surface area (Å²) in [5.74, 6) is 0.678. The minimum atomic E-state index is -0.570. The summed E-state index contributed by atoms with van der Waals surface area (Å²) in [6.07, 6.45) is 6.45. The van der Waals surface area contributed by atoms with Crippen molar-refractivity contribution in [2.45, 2.75) is 70.2 Å². The normalized spacial score (nSPS) is 18.4. The highest BCUT2D eigenvalue weighted by Crippen LogP contribution is 2.39. The first-order valence-corrected chi connectivity index (χ1v) is 20.3. The molecule has 2 amide bonds. The smallest absolute Gasteiger partial charge is 0.225 e. The number of hydrogen-bond donors (Lipinski definition) is 4. The maximum absolute atomic E-state index is 12.7. The van der Waals surface area contributed by atoms with Gasteiger partial charge in [-0.05, 0) is 71.0 Å². The number of amides is 2. The molecule has 0 radical (unpaired) electrons. The van der Waals surface area contributed by atoms with Gasteiger partial charge in [-0.15, -0.1) is 0 Å². The number of para-hydroxylation sites is 2. The number of aromatic nitrogens is 2. The van der Waals surface area contributed by atoms with E-state index in [-0.39, 0.29) is 30.6 Å². The van der Waals surface area contributed by atoms with Gasteiger partial charge in [-0.25, -0.2) is 9.97 Å². The molecule has 2 aliphatic heterocycles. The Labute approximate surface area is 340 Å². The first-order valence-electron chi connectivity index (χ1n) is 20.3. The van der Waals surface area contributed by atoms with E-state index in [1.54, 1.807) is 24.5 Å². The van der Waals surface area contributed by atoms with Gasteiger partial charge in [0.05, 0.1) is 30.2 Å². The predicted octanol–water partition coefficient (Wildman–Crippen LogP) is 6.79. The number of benzene rings is 4. The highest BCUT2D eigenvalue weighted by molar-refractivity contribution is 5.93. The van der Waals surface area contributed by atoms with E-state index in [4.69, 9.17) is 15.2 Å². The number of carbonyl (C=O) groups is 2. The van der Waals surface area contributed by atoms with Crippen molar-refractivity contribution in [3.63, 3.8) is 0 Å². The summed E-state index contributed by atoms with van der Waals surface area (Å²) in [5, 5.41) is 15.5. The molecule has 1 aromatic heterocycles. The lowest BCUT2D eigenvalue weighted by Gasteiger charge is -2.40. The van der Waals surface area contributed by atoms with E-state index in [9.17, 15) is 14.7 Å². The number of anilines is 3. The lowest BCUT2D eigenvalue weighted by atomic mass is 9.98. The van der Waals surface area contributed by atoms with Crippen molar-refractivity contribution < 1.29 is 24.2 Å². The van der Waals surface area contributed by atoms with E-state index >= 15 is 0 Å². The summed E-state index contributed by atoms with van der Waals surface area (Å²) >= 11 is 0. The number of hydrogen-bond acceptors (Lipinski definition) is 10. The Balaban J connectivity index is 0.933. The molecule has 2 saturated heterocycles. The number of aliphatic hydroxyl groups is 1. The van der Waals surface area contributed by atoms with Crippen molar-refractivity contribution in [2.24, 2.45) is 0 Å². The molecule has 3 heterocycles. The number of rotatable bonds is 16. The summed E-state index contributed by atoms with van der Waals surface area (Å²) in [5.41, 5.74) is 13.0. The predicted molar refractivity (Wildman–Crippen MR) is 225 cm³/mol. The van der Waals surface area contributed by atoms with Crippen molar-refractivity contribution in [1.29, 1.82) is 0 Å². The highest BCUT2D eigenvalue weighted by Gasteiger charge is 2.34. The molecule has 58 heavy (non-hydrogen) atoms. The Bertz CT molecular complexity index is 2090. The molecule has 7 rings (SSSR count). The number of nitrogens with zero attached hydrogens (tertiary/aromatic N) is 4. The fourth-order valence-electron chi connectivity index (χ4n) is 7.49.